The number of hydrogen-bond donors (Lipinski definition) is 2. The van der Waals surface area contributed by atoms with E-state index in [9.17, 15) is 19.0 Å². The molecule has 0 heterocycles. The summed E-state index contributed by atoms with van der Waals surface area (Å²) in [5, 5.41) is 3.09. The van der Waals surface area contributed by atoms with E-state index >= 15 is 0 Å². The smallest absolute Gasteiger partial charge is 0.456 e. The van der Waals surface area contributed by atoms with Crippen molar-refractivity contribution in [2.24, 2.45) is 0 Å². The largest absolute Gasteiger partial charge is 0.472 e. The zero-order chi connectivity index (χ0) is 67.0. The van der Waals surface area contributed by atoms with Gasteiger partial charge in [-0.2, -0.15) is 0 Å². The van der Waals surface area contributed by atoms with Crippen LogP contribution in [0.4, 0.5) is 0 Å². The molecule has 0 radical (unpaired) electrons. The fraction of sp³-hybridized carbons (Fsp3) is 0.878. The van der Waals surface area contributed by atoms with Crippen molar-refractivity contribution in [1.29, 1.82) is 0 Å². The van der Waals surface area contributed by atoms with E-state index in [2.05, 4.69) is 68.6 Å². The van der Waals surface area contributed by atoms with Gasteiger partial charge in [-0.25, -0.2) is 4.57 Å². The summed E-state index contributed by atoms with van der Waals surface area (Å²) in [7, 11) is 1.52. The topological polar surface area (TPSA) is 111 Å². The van der Waals surface area contributed by atoms with E-state index in [0.29, 0.717) is 23.9 Å². The molecule has 0 bridgehead atoms. The number of quaternary nitrogens is 1. The van der Waals surface area contributed by atoms with E-state index in [4.69, 9.17) is 13.8 Å². The molecule has 3 unspecified atom stereocenters. The zero-order valence-electron chi connectivity index (χ0n) is 62.3. The highest BCUT2D eigenvalue weighted by Gasteiger charge is 2.30. The van der Waals surface area contributed by atoms with Crippen molar-refractivity contribution in [3.05, 3.63) is 48.6 Å². The highest BCUT2D eigenvalue weighted by atomic mass is 31.2. The molecule has 0 aliphatic rings. The van der Waals surface area contributed by atoms with Crippen LogP contribution in [0.2, 0.25) is 0 Å². The summed E-state index contributed by atoms with van der Waals surface area (Å²) < 4.78 is 30.9. The molecule has 92 heavy (non-hydrogen) atoms. The van der Waals surface area contributed by atoms with E-state index in [1.165, 1.54) is 315 Å². The van der Waals surface area contributed by atoms with Gasteiger partial charge in [0.05, 0.1) is 33.8 Å². The lowest BCUT2D eigenvalue weighted by atomic mass is 10.0. The minimum absolute atomic E-state index is 0.0430. The standard InChI is InChI=1S/C82H157N2O7P/c1-7-10-13-16-19-22-25-28-30-32-34-36-38-40-42-44-46-48-50-52-54-56-59-62-65-68-71-74-81(85)83-79(78-90-92(87,88)89-77-76-84(4,5)6)80(73-70-67-64-61-58-27-24-21-18-15-12-9-3)91-82(86)75-72-69-66-63-60-57-55-53-51-49-47-45-43-41-39-37-35-33-31-29-26-23-20-17-14-11-8-2/h19,22,28-31,70,73,79-80H,7-18,20-21,23-27,32-69,71-72,74-78H2,1-6H3,(H-,83,85,87,88)/p+1/b22-19-,30-28-,31-29+,73-70+. The maximum Gasteiger partial charge on any atom is 0.472 e. The molecular formula is C82H158N2O7P+. The molecular weight excluding hydrogens is 1160 g/mol. The minimum Gasteiger partial charge on any atom is -0.456 e. The number of allylic oxidation sites excluding steroid dienone is 7. The second kappa shape index (κ2) is 71.7. The number of carbonyl (C=O) groups is 2. The monoisotopic (exact) mass is 1310 g/mol. The summed E-state index contributed by atoms with van der Waals surface area (Å²) in [5.41, 5.74) is 0. The number of rotatable bonds is 75. The minimum atomic E-state index is -4.46. The van der Waals surface area contributed by atoms with Crippen LogP contribution < -0.4 is 5.32 Å². The molecule has 0 aromatic rings. The second-order valence-electron chi connectivity index (χ2n) is 28.9. The molecule has 0 aliphatic carbocycles. The molecule has 0 aromatic carbocycles. The molecule has 0 aliphatic heterocycles. The van der Waals surface area contributed by atoms with E-state index < -0.39 is 20.0 Å². The predicted molar refractivity (Wildman–Crippen MR) is 402 cm³/mol. The van der Waals surface area contributed by atoms with Crippen LogP contribution in [0, 0.1) is 0 Å². The van der Waals surface area contributed by atoms with Crippen molar-refractivity contribution >= 4 is 19.7 Å². The van der Waals surface area contributed by atoms with Gasteiger partial charge in [-0.15, -0.1) is 0 Å². The Balaban J connectivity index is 4.87. The van der Waals surface area contributed by atoms with E-state index in [1.54, 1.807) is 0 Å². The predicted octanol–water partition coefficient (Wildman–Crippen LogP) is 26.3. The number of nitrogens with one attached hydrogen (secondary N) is 1. The highest BCUT2D eigenvalue weighted by Crippen LogP contribution is 2.43. The molecule has 0 rings (SSSR count). The fourth-order valence-corrected chi connectivity index (χ4v) is 13.0. The Hall–Kier alpha value is -2.03. The first-order valence-electron chi connectivity index (χ1n) is 40.5. The number of ether oxygens (including phenoxy) is 1. The molecule has 0 spiro atoms. The lowest BCUT2D eigenvalue weighted by molar-refractivity contribution is -0.870. The Kier molecular flexibility index (Phi) is 70.2. The summed E-state index contributed by atoms with van der Waals surface area (Å²) in [6.07, 6.45) is 93.0. The van der Waals surface area contributed by atoms with Gasteiger partial charge in [0.2, 0.25) is 5.91 Å². The normalized spacial score (nSPS) is 13.6. The molecule has 0 saturated carbocycles. The molecule has 0 saturated heterocycles. The first-order chi connectivity index (χ1) is 44.9. The van der Waals surface area contributed by atoms with E-state index in [0.717, 1.165) is 64.2 Å². The summed E-state index contributed by atoms with van der Waals surface area (Å²) in [6.45, 7) is 7.06. The Labute approximate surface area is 573 Å². The fourth-order valence-electron chi connectivity index (χ4n) is 12.3. The summed E-state index contributed by atoms with van der Waals surface area (Å²) in [6, 6.07) is -0.847. The number of hydrogen-bond acceptors (Lipinski definition) is 6. The number of phosphoric acid groups is 1. The molecule has 9 nitrogen and oxygen atoms in total. The number of unbranched alkanes of at least 4 members (excludes halogenated alkanes) is 53. The van der Waals surface area contributed by atoms with Crippen LogP contribution >= 0.6 is 7.82 Å². The number of esters is 1. The van der Waals surface area contributed by atoms with Crippen molar-refractivity contribution in [3.63, 3.8) is 0 Å². The second-order valence-corrected chi connectivity index (χ2v) is 30.4. The lowest BCUT2D eigenvalue weighted by Gasteiger charge is -2.27. The van der Waals surface area contributed by atoms with Crippen LogP contribution in [-0.4, -0.2) is 74.3 Å². The van der Waals surface area contributed by atoms with Gasteiger partial charge < -0.3 is 19.4 Å². The molecule has 0 fully saturated rings. The van der Waals surface area contributed by atoms with Crippen molar-refractivity contribution in [2.45, 2.75) is 425 Å². The van der Waals surface area contributed by atoms with Crippen molar-refractivity contribution in [1.82, 2.24) is 5.32 Å². The number of nitrogens with zero attached hydrogens (tertiary/aromatic N) is 1. The van der Waals surface area contributed by atoms with Gasteiger partial charge in [0, 0.05) is 12.8 Å². The van der Waals surface area contributed by atoms with Crippen LogP contribution in [0.1, 0.15) is 412 Å². The Morgan fingerprint density at radius 2 is 0.663 bits per heavy atom. The Morgan fingerprint density at radius 1 is 0.380 bits per heavy atom. The SMILES string of the molecule is CCCCC/C=C\C/C=C\CCCCCCCCCCCCCCCCCCCC(=O)NC(COP(=O)(O)OCC[N+](C)(C)C)C(/C=C/CCCCCCCCCCCC)OC(=O)CCCCCCCCCCCCCCCCCCC/C=C/CCCCCCCC. The van der Waals surface area contributed by atoms with E-state index in [1.807, 2.05) is 27.2 Å². The third-order valence-electron chi connectivity index (χ3n) is 18.5. The third-order valence-corrected chi connectivity index (χ3v) is 19.5. The first-order valence-corrected chi connectivity index (χ1v) is 42.0. The van der Waals surface area contributed by atoms with Gasteiger partial charge in [-0.1, -0.05) is 359 Å². The molecule has 1 amide bonds. The average molecular weight is 1320 g/mol. The molecule has 542 valence electrons. The molecule has 10 heteroatoms. The van der Waals surface area contributed by atoms with E-state index in [-0.39, 0.29) is 25.1 Å². The lowest BCUT2D eigenvalue weighted by Crippen LogP contribution is -2.47. The van der Waals surface area contributed by atoms with Gasteiger partial charge in [0.25, 0.3) is 0 Å². The van der Waals surface area contributed by atoms with Crippen molar-refractivity contribution in [2.75, 3.05) is 40.9 Å². The number of phosphoric ester groups is 1. The van der Waals surface area contributed by atoms with Gasteiger partial charge in [-0.05, 0) is 89.5 Å². The number of likely N-dealkylation sites (N-methyl/N-ethyl adjacent to an activating group) is 1. The molecule has 3 atom stereocenters. The summed E-state index contributed by atoms with van der Waals surface area (Å²) in [4.78, 5) is 38.0. The zero-order valence-corrected chi connectivity index (χ0v) is 63.2. The first kappa shape index (κ1) is 90.0. The van der Waals surface area contributed by atoms with Crippen LogP contribution in [0.25, 0.3) is 0 Å². The highest BCUT2D eigenvalue weighted by molar-refractivity contribution is 7.47. The van der Waals surface area contributed by atoms with Gasteiger partial charge >= 0.3 is 13.8 Å². The number of amides is 1. The molecule has 2 N–H and O–H groups in total. The van der Waals surface area contributed by atoms with Crippen LogP contribution in [0.5, 0.6) is 0 Å². The van der Waals surface area contributed by atoms with Gasteiger partial charge in [0.15, 0.2) is 0 Å². The van der Waals surface area contributed by atoms with Crippen LogP contribution in [-0.2, 0) is 27.9 Å². The Morgan fingerprint density at radius 3 is 1.01 bits per heavy atom. The molecule has 0 aromatic heterocycles. The number of carbonyl (C=O) groups excluding carboxylic acids is 2. The summed E-state index contributed by atoms with van der Waals surface area (Å²) >= 11 is 0. The average Bonchev–Trinajstić information content (AvgIpc) is 3.69. The van der Waals surface area contributed by atoms with Gasteiger partial charge in [0.1, 0.15) is 19.3 Å². The third kappa shape index (κ3) is 72.2. The maximum absolute atomic E-state index is 13.7. The van der Waals surface area contributed by atoms with Crippen molar-refractivity contribution < 1.29 is 37.3 Å². The maximum atomic E-state index is 13.7. The Bertz CT molecular complexity index is 1710. The van der Waals surface area contributed by atoms with Crippen LogP contribution in [0.3, 0.4) is 0 Å². The quantitative estimate of drug-likeness (QED) is 0.0205. The van der Waals surface area contributed by atoms with Gasteiger partial charge in [-0.3, -0.25) is 18.6 Å². The van der Waals surface area contributed by atoms with Crippen molar-refractivity contribution in [3.8, 4) is 0 Å². The van der Waals surface area contributed by atoms with Crippen LogP contribution in [0.15, 0.2) is 48.6 Å². The summed E-state index contributed by atoms with van der Waals surface area (Å²) in [5.74, 6) is -0.481.